The van der Waals surface area contributed by atoms with Crippen molar-refractivity contribution in [2.45, 2.75) is 20.0 Å². The van der Waals surface area contributed by atoms with Crippen LogP contribution < -0.4 is 11.1 Å². The van der Waals surface area contributed by atoms with Gasteiger partial charge in [0.25, 0.3) is 11.1 Å². The predicted molar refractivity (Wildman–Crippen MR) is 79.3 cm³/mol. The number of nitrogens with zero attached hydrogens (tertiary/aromatic N) is 2. The molecule has 1 N–H and O–H groups in total. The van der Waals surface area contributed by atoms with Crippen LogP contribution in [0.15, 0.2) is 47.0 Å². The Morgan fingerprint density at radius 2 is 1.75 bits per heavy atom. The van der Waals surface area contributed by atoms with Crippen LogP contribution in [0.3, 0.4) is 0 Å². The summed E-state index contributed by atoms with van der Waals surface area (Å²) < 4.78 is 2.91. The lowest BCUT2D eigenvalue weighted by Gasteiger charge is -2.13. The Hall–Kier alpha value is -2.56. The molecule has 2 aromatic heterocycles. The van der Waals surface area contributed by atoms with E-state index in [1.54, 1.807) is 25.1 Å². The Morgan fingerprint density at radius 1 is 1.15 bits per heavy atom. The van der Waals surface area contributed by atoms with E-state index in [1.807, 2.05) is 0 Å². The smallest absolute Gasteiger partial charge is 0.264 e. The van der Waals surface area contributed by atoms with E-state index in [4.69, 9.17) is 0 Å². The number of aromatic nitrogens is 2. The third-order valence-electron chi connectivity index (χ3n) is 3.18. The summed E-state index contributed by atoms with van der Waals surface area (Å²) in [4.78, 5) is 24.3. The number of allylic oxidation sites excluding steroid dienone is 2. The lowest BCUT2D eigenvalue weighted by atomic mass is 10.2. The van der Waals surface area contributed by atoms with Crippen LogP contribution in [-0.2, 0) is 13.1 Å². The molecule has 0 aliphatic carbocycles. The zero-order chi connectivity index (χ0) is 14.9. The minimum absolute atomic E-state index is 0.138. The Bertz CT molecular complexity index is 812. The first kappa shape index (κ1) is 13.9. The molecular formula is C15H16N2O3. The molecule has 0 saturated carbocycles. The van der Waals surface area contributed by atoms with Crippen molar-refractivity contribution in [2.75, 3.05) is 0 Å². The second-order valence-corrected chi connectivity index (χ2v) is 4.52. The molecule has 0 fully saturated rings. The zero-order valence-corrected chi connectivity index (χ0v) is 11.3. The first-order valence-corrected chi connectivity index (χ1v) is 6.20. The van der Waals surface area contributed by atoms with E-state index in [0.29, 0.717) is 17.8 Å². The van der Waals surface area contributed by atoms with Crippen LogP contribution >= 0.6 is 0 Å². The van der Waals surface area contributed by atoms with E-state index in [0.717, 1.165) is 6.07 Å². The molecule has 0 saturated heterocycles. The van der Waals surface area contributed by atoms with Crippen molar-refractivity contribution in [3.8, 4) is 5.75 Å². The summed E-state index contributed by atoms with van der Waals surface area (Å²) >= 11 is 0. The fraction of sp³-hybridized carbons (Fsp3) is 0.200. The van der Waals surface area contributed by atoms with E-state index in [2.05, 4.69) is 13.2 Å². The molecule has 5 heteroatoms. The number of aromatic hydroxyl groups is 1. The van der Waals surface area contributed by atoms with E-state index < -0.39 is 0 Å². The second-order valence-electron chi connectivity index (χ2n) is 4.52. The highest BCUT2D eigenvalue weighted by molar-refractivity contribution is 5.84. The van der Waals surface area contributed by atoms with Crippen LogP contribution in [0.25, 0.3) is 10.9 Å². The average Bonchev–Trinajstić information content (AvgIpc) is 2.38. The van der Waals surface area contributed by atoms with Crippen molar-refractivity contribution < 1.29 is 5.11 Å². The summed E-state index contributed by atoms with van der Waals surface area (Å²) in [6.07, 6.45) is 3.18. The van der Waals surface area contributed by atoms with Crippen molar-refractivity contribution in [3.05, 3.63) is 63.8 Å². The van der Waals surface area contributed by atoms with Gasteiger partial charge >= 0.3 is 0 Å². The molecule has 0 aliphatic heterocycles. The maximum absolute atomic E-state index is 12.4. The summed E-state index contributed by atoms with van der Waals surface area (Å²) in [7, 11) is 0. The number of aryl methyl sites for hydroxylation is 1. The van der Waals surface area contributed by atoms with Crippen LogP contribution in [0, 0.1) is 6.92 Å². The van der Waals surface area contributed by atoms with Gasteiger partial charge in [-0.25, -0.2) is 0 Å². The Labute approximate surface area is 115 Å². The fourth-order valence-corrected chi connectivity index (χ4v) is 2.27. The molecule has 0 aliphatic rings. The Kier molecular flexibility index (Phi) is 3.61. The molecule has 0 aromatic carbocycles. The third-order valence-corrected chi connectivity index (χ3v) is 3.18. The van der Waals surface area contributed by atoms with Crippen molar-refractivity contribution >= 4 is 10.9 Å². The highest BCUT2D eigenvalue weighted by Gasteiger charge is 2.14. The molecule has 2 aromatic rings. The lowest BCUT2D eigenvalue weighted by molar-refractivity contribution is 0.478. The van der Waals surface area contributed by atoms with Crippen LogP contribution in [0.4, 0.5) is 0 Å². The largest absolute Gasteiger partial charge is 0.507 e. The molecule has 5 nitrogen and oxygen atoms in total. The molecule has 104 valence electrons. The molecule has 20 heavy (non-hydrogen) atoms. The fourth-order valence-electron chi connectivity index (χ4n) is 2.27. The lowest BCUT2D eigenvalue weighted by Crippen LogP contribution is -2.26. The topological polar surface area (TPSA) is 64.2 Å². The number of rotatable bonds is 4. The van der Waals surface area contributed by atoms with E-state index in [-0.39, 0.29) is 28.8 Å². The summed E-state index contributed by atoms with van der Waals surface area (Å²) in [5.41, 5.74) is 0.410. The van der Waals surface area contributed by atoms with Crippen LogP contribution in [0.5, 0.6) is 5.75 Å². The predicted octanol–water partition coefficient (Wildman–Crippen LogP) is 1.55. The van der Waals surface area contributed by atoms with Crippen molar-refractivity contribution in [1.29, 1.82) is 0 Å². The molecule has 0 radical (unpaired) electrons. The van der Waals surface area contributed by atoms with Gasteiger partial charge in [0.15, 0.2) is 0 Å². The maximum atomic E-state index is 12.4. The average molecular weight is 272 g/mol. The minimum atomic E-state index is -0.366. The SMILES string of the molecule is C=CCn1c(C)cc2c(c(O)cc(=O)n2CC=C)c1=O. The van der Waals surface area contributed by atoms with Gasteiger partial charge in [0, 0.05) is 24.8 Å². The summed E-state index contributed by atoms with van der Waals surface area (Å²) in [6, 6.07) is 2.77. The number of pyridine rings is 2. The van der Waals surface area contributed by atoms with Gasteiger partial charge < -0.3 is 14.2 Å². The van der Waals surface area contributed by atoms with E-state index in [1.165, 1.54) is 9.13 Å². The first-order chi connectivity index (χ1) is 9.51. The highest BCUT2D eigenvalue weighted by Crippen LogP contribution is 2.20. The van der Waals surface area contributed by atoms with Crippen LogP contribution in [0.1, 0.15) is 5.69 Å². The summed E-state index contributed by atoms with van der Waals surface area (Å²) in [5, 5.41) is 10.1. The van der Waals surface area contributed by atoms with Gasteiger partial charge in [0.05, 0.1) is 5.52 Å². The van der Waals surface area contributed by atoms with Gasteiger partial charge in [0.1, 0.15) is 11.1 Å². The van der Waals surface area contributed by atoms with Gasteiger partial charge in [-0.3, -0.25) is 9.59 Å². The van der Waals surface area contributed by atoms with Crippen molar-refractivity contribution in [3.63, 3.8) is 0 Å². The second kappa shape index (κ2) is 5.21. The molecule has 0 unspecified atom stereocenters. The first-order valence-electron chi connectivity index (χ1n) is 6.20. The van der Waals surface area contributed by atoms with Crippen molar-refractivity contribution in [2.24, 2.45) is 0 Å². The minimum Gasteiger partial charge on any atom is -0.507 e. The van der Waals surface area contributed by atoms with Gasteiger partial charge in [-0.05, 0) is 13.0 Å². The Morgan fingerprint density at radius 3 is 2.35 bits per heavy atom. The number of hydrogen-bond acceptors (Lipinski definition) is 3. The number of fused-ring (bicyclic) bond motifs is 1. The van der Waals surface area contributed by atoms with E-state index >= 15 is 0 Å². The zero-order valence-electron chi connectivity index (χ0n) is 11.3. The molecule has 0 amide bonds. The molecule has 0 bridgehead atoms. The van der Waals surface area contributed by atoms with Crippen LogP contribution in [0.2, 0.25) is 0 Å². The van der Waals surface area contributed by atoms with Gasteiger partial charge in [0.2, 0.25) is 0 Å². The molecular weight excluding hydrogens is 256 g/mol. The standard InChI is InChI=1S/C15H16N2O3/c1-4-6-16-10(3)8-11-14(15(16)20)12(18)9-13(19)17(11)7-5-2/h4-5,8-9,18H,1-2,6-7H2,3H3. The highest BCUT2D eigenvalue weighted by atomic mass is 16.3. The van der Waals surface area contributed by atoms with E-state index in [9.17, 15) is 14.7 Å². The van der Waals surface area contributed by atoms with Gasteiger partial charge in [-0.15, -0.1) is 13.2 Å². The molecule has 2 heterocycles. The number of hydrogen-bond donors (Lipinski definition) is 1. The Balaban J connectivity index is 3.00. The third kappa shape index (κ3) is 2.07. The monoisotopic (exact) mass is 272 g/mol. The molecule has 0 spiro atoms. The quantitative estimate of drug-likeness (QED) is 0.859. The van der Waals surface area contributed by atoms with Gasteiger partial charge in [-0.2, -0.15) is 0 Å². The summed E-state index contributed by atoms with van der Waals surface area (Å²) in [5.74, 6) is -0.298. The normalized spacial score (nSPS) is 10.7. The summed E-state index contributed by atoms with van der Waals surface area (Å²) in [6.45, 7) is 9.61. The van der Waals surface area contributed by atoms with Gasteiger partial charge in [-0.1, -0.05) is 12.2 Å². The molecule has 2 rings (SSSR count). The van der Waals surface area contributed by atoms with Crippen LogP contribution in [-0.4, -0.2) is 14.2 Å². The maximum Gasteiger partial charge on any atom is 0.264 e. The van der Waals surface area contributed by atoms with Crippen molar-refractivity contribution in [1.82, 2.24) is 9.13 Å². The molecule has 0 atom stereocenters.